The molecule has 3 rings (SSSR count). The van der Waals surface area contributed by atoms with E-state index >= 15 is 0 Å². The Balaban J connectivity index is 1.69. The molecule has 0 aromatic heterocycles. The summed E-state index contributed by atoms with van der Waals surface area (Å²) in [5.41, 5.74) is -0.145. The van der Waals surface area contributed by atoms with Crippen molar-refractivity contribution in [2.45, 2.75) is 140 Å². The molecule has 48 heavy (non-hydrogen) atoms. The van der Waals surface area contributed by atoms with Crippen LogP contribution in [0.25, 0.3) is 0 Å². The minimum atomic E-state index is -1.85. The second-order valence-electron chi connectivity index (χ2n) is 13.7. The molecule has 16 unspecified atom stereocenters. The SMILES string of the molecule is CCC(C)(C)COCC1OC(OC2C(O)C(CO)OC(OC3C(O)C(CO)OC(OCCC(C)C(C)CCO)C3O)C2O)C(O)OC1O. The summed E-state index contributed by atoms with van der Waals surface area (Å²) in [5, 5.41) is 93.8. The molecular formula is C31H58O17. The molecule has 3 fully saturated rings. The third-order valence-electron chi connectivity index (χ3n) is 9.51. The average Bonchev–Trinajstić information content (AvgIpc) is 3.04. The molecule has 3 heterocycles. The van der Waals surface area contributed by atoms with E-state index in [1.807, 2.05) is 34.6 Å². The highest BCUT2D eigenvalue weighted by molar-refractivity contribution is 4.95. The van der Waals surface area contributed by atoms with Crippen LogP contribution in [0.5, 0.6) is 0 Å². The Kier molecular flexibility index (Phi) is 16.7. The topological polar surface area (TPSA) is 256 Å². The molecule has 9 N–H and O–H groups in total. The van der Waals surface area contributed by atoms with Crippen LogP contribution in [0.3, 0.4) is 0 Å². The number of ether oxygens (including phenoxy) is 8. The van der Waals surface area contributed by atoms with Gasteiger partial charge in [0.2, 0.25) is 12.6 Å². The van der Waals surface area contributed by atoms with Crippen LogP contribution in [0.1, 0.15) is 53.9 Å². The Hall–Kier alpha value is -0.680. The molecule has 0 spiro atoms. The van der Waals surface area contributed by atoms with Gasteiger partial charge in [0.05, 0.1) is 33.0 Å². The van der Waals surface area contributed by atoms with Gasteiger partial charge in [-0.25, -0.2) is 0 Å². The summed E-state index contributed by atoms with van der Waals surface area (Å²) in [6.07, 6.45) is -19.9. The van der Waals surface area contributed by atoms with Crippen molar-refractivity contribution in [3.05, 3.63) is 0 Å². The standard InChI is InChI=1S/C31H58O17/c1-6-31(4,5)14-41-13-19-26(39)48-27(40)30(45-19)47-25-21(36)18(12-34)44-29(23(25)38)46-24-20(35)17(11-33)43-28(22(24)37)42-10-8-16(3)15(2)7-9-32/h15-30,32-40H,6-14H2,1-5H3. The van der Waals surface area contributed by atoms with Gasteiger partial charge in [0.15, 0.2) is 18.9 Å². The Morgan fingerprint density at radius 3 is 1.73 bits per heavy atom. The van der Waals surface area contributed by atoms with Crippen molar-refractivity contribution in [3.63, 3.8) is 0 Å². The van der Waals surface area contributed by atoms with Crippen LogP contribution in [0.15, 0.2) is 0 Å². The maximum Gasteiger partial charge on any atom is 0.210 e. The molecule has 0 aliphatic carbocycles. The van der Waals surface area contributed by atoms with E-state index < -0.39 is 99.6 Å². The predicted molar refractivity (Wildman–Crippen MR) is 163 cm³/mol. The summed E-state index contributed by atoms with van der Waals surface area (Å²) in [5.74, 6) is 0.382. The Morgan fingerprint density at radius 2 is 1.17 bits per heavy atom. The maximum atomic E-state index is 11.2. The molecule has 0 amide bonds. The molecule has 0 radical (unpaired) electrons. The van der Waals surface area contributed by atoms with E-state index in [1.54, 1.807) is 0 Å². The average molecular weight is 703 g/mol. The summed E-state index contributed by atoms with van der Waals surface area (Å²) in [6.45, 7) is 8.97. The zero-order valence-corrected chi connectivity index (χ0v) is 28.4. The van der Waals surface area contributed by atoms with E-state index in [0.29, 0.717) is 19.4 Å². The van der Waals surface area contributed by atoms with Gasteiger partial charge in [-0.2, -0.15) is 0 Å². The Morgan fingerprint density at radius 1 is 0.646 bits per heavy atom. The number of rotatable bonds is 18. The largest absolute Gasteiger partial charge is 0.396 e. The van der Waals surface area contributed by atoms with E-state index in [-0.39, 0.29) is 37.1 Å². The lowest BCUT2D eigenvalue weighted by molar-refractivity contribution is -0.416. The van der Waals surface area contributed by atoms with Gasteiger partial charge in [-0.3, -0.25) is 0 Å². The first-order chi connectivity index (χ1) is 22.7. The maximum absolute atomic E-state index is 11.2. The zero-order valence-electron chi connectivity index (χ0n) is 28.4. The molecule has 3 aliphatic heterocycles. The fourth-order valence-electron chi connectivity index (χ4n) is 5.51. The summed E-state index contributed by atoms with van der Waals surface area (Å²) in [7, 11) is 0. The first-order valence-corrected chi connectivity index (χ1v) is 16.7. The highest BCUT2D eigenvalue weighted by Gasteiger charge is 2.53. The van der Waals surface area contributed by atoms with E-state index in [2.05, 4.69) is 0 Å². The summed E-state index contributed by atoms with van der Waals surface area (Å²) in [6, 6.07) is 0. The van der Waals surface area contributed by atoms with Gasteiger partial charge in [0.1, 0.15) is 54.9 Å². The number of aliphatic hydroxyl groups excluding tert-OH is 9. The van der Waals surface area contributed by atoms with Crippen molar-refractivity contribution >= 4 is 0 Å². The van der Waals surface area contributed by atoms with E-state index in [0.717, 1.165) is 6.42 Å². The normalized spacial score (nSPS) is 40.9. The van der Waals surface area contributed by atoms with Crippen molar-refractivity contribution in [2.75, 3.05) is 39.6 Å². The van der Waals surface area contributed by atoms with Crippen molar-refractivity contribution in [1.29, 1.82) is 0 Å². The van der Waals surface area contributed by atoms with Gasteiger partial charge in [0, 0.05) is 6.61 Å². The number of hydrogen-bond donors (Lipinski definition) is 9. The van der Waals surface area contributed by atoms with Crippen LogP contribution in [0.2, 0.25) is 0 Å². The first-order valence-electron chi connectivity index (χ1n) is 16.7. The molecule has 16 atom stereocenters. The van der Waals surface area contributed by atoms with Gasteiger partial charge in [-0.05, 0) is 36.5 Å². The highest BCUT2D eigenvalue weighted by Crippen LogP contribution is 2.33. The third kappa shape index (κ3) is 10.9. The molecule has 3 aliphatic rings. The van der Waals surface area contributed by atoms with Crippen LogP contribution in [-0.2, 0) is 37.9 Å². The van der Waals surface area contributed by atoms with Gasteiger partial charge in [-0.1, -0.05) is 34.6 Å². The lowest BCUT2D eigenvalue weighted by Crippen LogP contribution is -2.66. The quantitative estimate of drug-likeness (QED) is 0.0717. The molecular weight excluding hydrogens is 644 g/mol. The predicted octanol–water partition coefficient (Wildman–Crippen LogP) is -2.47. The Bertz CT molecular complexity index is 914. The van der Waals surface area contributed by atoms with Crippen molar-refractivity contribution < 1.29 is 83.9 Å². The molecule has 0 aromatic rings. The monoisotopic (exact) mass is 702 g/mol. The summed E-state index contributed by atoms with van der Waals surface area (Å²) >= 11 is 0. The molecule has 0 bridgehead atoms. The van der Waals surface area contributed by atoms with E-state index in [9.17, 15) is 46.0 Å². The third-order valence-corrected chi connectivity index (χ3v) is 9.51. The molecule has 17 heteroatoms. The molecule has 3 saturated heterocycles. The van der Waals surface area contributed by atoms with Crippen LogP contribution in [0, 0.1) is 17.3 Å². The molecule has 284 valence electrons. The van der Waals surface area contributed by atoms with Crippen molar-refractivity contribution in [2.24, 2.45) is 17.3 Å². The van der Waals surface area contributed by atoms with Crippen LogP contribution in [0.4, 0.5) is 0 Å². The zero-order chi connectivity index (χ0) is 35.8. The molecule has 17 nitrogen and oxygen atoms in total. The molecule has 0 saturated carbocycles. The van der Waals surface area contributed by atoms with Gasteiger partial charge in [0.25, 0.3) is 0 Å². The lowest BCUT2D eigenvalue weighted by atomic mass is 9.91. The van der Waals surface area contributed by atoms with Crippen LogP contribution >= 0.6 is 0 Å². The summed E-state index contributed by atoms with van der Waals surface area (Å²) in [4.78, 5) is 0. The minimum Gasteiger partial charge on any atom is -0.396 e. The van der Waals surface area contributed by atoms with Crippen LogP contribution in [-0.4, -0.2) is 172 Å². The smallest absolute Gasteiger partial charge is 0.210 e. The number of hydrogen-bond acceptors (Lipinski definition) is 17. The van der Waals surface area contributed by atoms with E-state index in [4.69, 9.17) is 37.9 Å². The van der Waals surface area contributed by atoms with Crippen LogP contribution < -0.4 is 0 Å². The number of aliphatic hydroxyl groups is 9. The fourth-order valence-corrected chi connectivity index (χ4v) is 5.51. The molecule has 0 aromatic carbocycles. The Labute approximate surface area is 281 Å². The van der Waals surface area contributed by atoms with Gasteiger partial charge >= 0.3 is 0 Å². The fraction of sp³-hybridized carbons (Fsp3) is 1.00. The van der Waals surface area contributed by atoms with E-state index in [1.165, 1.54) is 0 Å². The van der Waals surface area contributed by atoms with Gasteiger partial charge < -0.3 is 83.9 Å². The first kappa shape index (κ1) is 41.7. The lowest BCUT2D eigenvalue weighted by Gasteiger charge is -2.47. The van der Waals surface area contributed by atoms with Gasteiger partial charge in [-0.15, -0.1) is 0 Å². The minimum absolute atomic E-state index is 0.0550. The van der Waals surface area contributed by atoms with Crippen molar-refractivity contribution in [1.82, 2.24) is 0 Å². The second kappa shape index (κ2) is 19.2. The van der Waals surface area contributed by atoms with Crippen molar-refractivity contribution in [3.8, 4) is 0 Å². The highest BCUT2D eigenvalue weighted by atomic mass is 16.8. The summed E-state index contributed by atoms with van der Waals surface area (Å²) < 4.78 is 45.0. The second-order valence-corrected chi connectivity index (χ2v) is 13.7.